The number of nitriles is 1. The number of nitrogen functional groups attached to an aromatic ring is 1. The van der Waals surface area contributed by atoms with Crippen LogP contribution in [0.2, 0.25) is 0 Å². The lowest BCUT2D eigenvalue weighted by Gasteiger charge is -2.02. The second-order valence-electron chi connectivity index (χ2n) is 2.46. The number of aromatic nitrogens is 2. The van der Waals surface area contributed by atoms with Crippen LogP contribution in [0.1, 0.15) is 12.0 Å². The standard InChI is InChI=1S/C7H8F2N4/c8-6(9)1-2-13-7(11)5(3-10)4-12-13/h4,6H,1-2,11H2. The molecule has 2 N–H and O–H groups in total. The van der Waals surface area contributed by atoms with E-state index in [4.69, 9.17) is 11.0 Å². The Morgan fingerprint density at radius 2 is 2.38 bits per heavy atom. The molecule has 13 heavy (non-hydrogen) atoms. The van der Waals surface area contributed by atoms with Gasteiger partial charge in [0.25, 0.3) is 0 Å². The fourth-order valence-corrected chi connectivity index (χ4v) is 0.879. The van der Waals surface area contributed by atoms with Crippen molar-refractivity contribution in [2.75, 3.05) is 5.73 Å². The third-order valence-corrected chi connectivity index (χ3v) is 1.56. The number of nitrogens with zero attached hydrogens (tertiary/aromatic N) is 3. The molecule has 0 atom stereocenters. The molecule has 70 valence electrons. The van der Waals surface area contributed by atoms with E-state index in [-0.39, 0.29) is 24.3 Å². The zero-order valence-corrected chi connectivity index (χ0v) is 6.74. The molecule has 0 aliphatic rings. The normalized spacial score (nSPS) is 10.3. The molecule has 0 fully saturated rings. The van der Waals surface area contributed by atoms with Gasteiger partial charge in [0.1, 0.15) is 17.5 Å². The molecule has 1 aromatic heterocycles. The number of nitrogens with two attached hydrogens (primary N) is 1. The van der Waals surface area contributed by atoms with Crippen LogP contribution in [-0.2, 0) is 6.54 Å². The van der Waals surface area contributed by atoms with Crippen molar-refractivity contribution < 1.29 is 8.78 Å². The van der Waals surface area contributed by atoms with Crippen molar-refractivity contribution in [3.63, 3.8) is 0 Å². The summed E-state index contributed by atoms with van der Waals surface area (Å²) in [6.07, 6.45) is -1.42. The Balaban J connectivity index is 2.69. The Morgan fingerprint density at radius 1 is 1.69 bits per heavy atom. The molecule has 0 spiro atoms. The quantitative estimate of drug-likeness (QED) is 0.765. The van der Waals surface area contributed by atoms with Crippen LogP contribution in [0.25, 0.3) is 0 Å². The number of anilines is 1. The van der Waals surface area contributed by atoms with E-state index in [1.54, 1.807) is 0 Å². The molecule has 0 radical (unpaired) electrons. The van der Waals surface area contributed by atoms with E-state index in [1.807, 2.05) is 6.07 Å². The molecule has 4 nitrogen and oxygen atoms in total. The lowest BCUT2D eigenvalue weighted by atomic mass is 10.3. The highest BCUT2D eigenvalue weighted by Crippen LogP contribution is 2.11. The van der Waals surface area contributed by atoms with Crippen molar-refractivity contribution in [1.82, 2.24) is 9.78 Å². The summed E-state index contributed by atoms with van der Waals surface area (Å²) in [5.41, 5.74) is 5.65. The largest absolute Gasteiger partial charge is 0.383 e. The molecular formula is C7H8F2N4. The van der Waals surface area contributed by atoms with Crippen molar-refractivity contribution in [1.29, 1.82) is 5.26 Å². The maximum absolute atomic E-state index is 11.8. The van der Waals surface area contributed by atoms with Crippen LogP contribution in [0.3, 0.4) is 0 Å². The Kier molecular flexibility index (Phi) is 2.80. The summed E-state index contributed by atoms with van der Waals surface area (Å²) in [5, 5.41) is 12.2. The van der Waals surface area contributed by atoms with Gasteiger partial charge in [0.15, 0.2) is 0 Å². The molecule has 1 rings (SSSR count). The minimum absolute atomic E-state index is 0.0329. The Hall–Kier alpha value is -1.64. The summed E-state index contributed by atoms with van der Waals surface area (Å²) in [7, 11) is 0. The fourth-order valence-electron chi connectivity index (χ4n) is 0.879. The van der Waals surface area contributed by atoms with Crippen molar-refractivity contribution in [3.05, 3.63) is 11.8 Å². The SMILES string of the molecule is N#Cc1cnn(CCC(F)F)c1N. The summed E-state index contributed by atoms with van der Waals surface area (Å²) in [5.74, 6) is 0.142. The van der Waals surface area contributed by atoms with E-state index in [0.29, 0.717) is 0 Å². The predicted molar refractivity (Wildman–Crippen MR) is 42.0 cm³/mol. The van der Waals surface area contributed by atoms with Gasteiger partial charge in [-0.15, -0.1) is 0 Å². The van der Waals surface area contributed by atoms with E-state index >= 15 is 0 Å². The van der Waals surface area contributed by atoms with Gasteiger partial charge in [-0.1, -0.05) is 0 Å². The first kappa shape index (κ1) is 9.45. The minimum Gasteiger partial charge on any atom is -0.383 e. The summed E-state index contributed by atoms with van der Waals surface area (Å²) in [6, 6.07) is 1.81. The second-order valence-corrected chi connectivity index (χ2v) is 2.46. The van der Waals surface area contributed by atoms with Crippen molar-refractivity contribution in [2.24, 2.45) is 0 Å². The number of aryl methyl sites for hydroxylation is 1. The topological polar surface area (TPSA) is 67.6 Å². The summed E-state index contributed by atoms with van der Waals surface area (Å²) < 4.78 is 24.8. The molecule has 0 aliphatic heterocycles. The molecule has 1 aromatic rings. The molecule has 0 aliphatic carbocycles. The van der Waals surface area contributed by atoms with Gasteiger partial charge < -0.3 is 5.73 Å². The van der Waals surface area contributed by atoms with Crippen LogP contribution in [-0.4, -0.2) is 16.2 Å². The van der Waals surface area contributed by atoms with Crippen molar-refractivity contribution in [3.8, 4) is 6.07 Å². The van der Waals surface area contributed by atoms with E-state index in [9.17, 15) is 8.78 Å². The Bertz CT molecular complexity index is 326. The molecule has 0 saturated heterocycles. The number of hydrogen-bond acceptors (Lipinski definition) is 3. The summed E-state index contributed by atoms with van der Waals surface area (Å²) in [6.45, 7) is 0.0329. The van der Waals surface area contributed by atoms with Crippen LogP contribution in [0.5, 0.6) is 0 Å². The van der Waals surface area contributed by atoms with E-state index in [0.717, 1.165) is 0 Å². The lowest BCUT2D eigenvalue weighted by molar-refractivity contribution is 0.130. The first-order valence-electron chi connectivity index (χ1n) is 3.64. The zero-order valence-electron chi connectivity index (χ0n) is 6.74. The predicted octanol–water partition coefficient (Wildman–Crippen LogP) is 0.992. The first-order valence-corrected chi connectivity index (χ1v) is 3.64. The van der Waals surface area contributed by atoms with Crippen LogP contribution < -0.4 is 5.73 Å². The average Bonchev–Trinajstić information content (AvgIpc) is 2.43. The van der Waals surface area contributed by atoms with Gasteiger partial charge in [0.2, 0.25) is 6.43 Å². The number of alkyl halides is 2. The van der Waals surface area contributed by atoms with Gasteiger partial charge in [-0.2, -0.15) is 10.4 Å². The van der Waals surface area contributed by atoms with Gasteiger partial charge in [-0.05, 0) is 0 Å². The first-order chi connectivity index (χ1) is 6.15. The molecule has 0 bridgehead atoms. The molecule has 0 amide bonds. The van der Waals surface area contributed by atoms with Gasteiger partial charge in [0.05, 0.1) is 6.20 Å². The van der Waals surface area contributed by atoms with Crippen LogP contribution in [0.15, 0.2) is 6.20 Å². The van der Waals surface area contributed by atoms with Crippen molar-refractivity contribution >= 4 is 5.82 Å². The molecule has 0 unspecified atom stereocenters. The second kappa shape index (κ2) is 3.85. The molecule has 0 saturated carbocycles. The van der Waals surface area contributed by atoms with Gasteiger partial charge >= 0.3 is 0 Å². The smallest absolute Gasteiger partial charge is 0.240 e. The molecule has 1 heterocycles. The molecular weight excluding hydrogens is 178 g/mol. The van der Waals surface area contributed by atoms with Crippen LogP contribution in [0.4, 0.5) is 14.6 Å². The van der Waals surface area contributed by atoms with Gasteiger partial charge in [-0.25, -0.2) is 13.5 Å². The fraction of sp³-hybridized carbons (Fsp3) is 0.429. The summed E-state index contributed by atoms with van der Waals surface area (Å²) in [4.78, 5) is 0. The Morgan fingerprint density at radius 3 is 2.85 bits per heavy atom. The van der Waals surface area contributed by atoms with Crippen molar-refractivity contribution in [2.45, 2.75) is 19.4 Å². The number of rotatable bonds is 3. The Labute approximate surface area is 73.6 Å². The van der Waals surface area contributed by atoms with Crippen LogP contribution in [0, 0.1) is 11.3 Å². The minimum atomic E-state index is -2.38. The number of halogens is 2. The highest BCUT2D eigenvalue weighted by atomic mass is 19.3. The maximum atomic E-state index is 11.8. The number of hydrogen-bond donors (Lipinski definition) is 1. The monoisotopic (exact) mass is 186 g/mol. The lowest BCUT2D eigenvalue weighted by Crippen LogP contribution is -2.07. The van der Waals surface area contributed by atoms with E-state index in [1.165, 1.54) is 10.9 Å². The molecule has 0 aromatic carbocycles. The molecule has 6 heteroatoms. The highest BCUT2D eigenvalue weighted by Gasteiger charge is 2.08. The van der Waals surface area contributed by atoms with E-state index < -0.39 is 6.43 Å². The summed E-state index contributed by atoms with van der Waals surface area (Å²) >= 11 is 0. The van der Waals surface area contributed by atoms with E-state index in [2.05, 4.69) is 5.10 Å². The third-order valence-electron chi connectivity index (χ3n) is 1.56. The highest BCUT2D eigenvalue weighted by molar-refractivity contribution is 5.47. The third kappa shape index (κ3) is 2.15. The average molecular weight is 186 g/mol. The maximum Gasteiger partial charge on any atom is 0.240 e. The zero-order chi connectivity index (χ0) is 9.84. The van der Waals surface area contributed by atoms with Gasteiger partial charge in [0, 0.05) is 13.0 Å². The van der Waals surface area contributed by atoms with Gasteiger partial charge in [-0.3, -0.25) is 0 Å². The van der Waals surface area contributed by atoms with Crippen LogP contribution >= 0.6 is 0 Å².